The monoisotopic (exact) mass is 380 g/mol. The normalized spacial score (nSPS) is 11.9. The maximum Gasteiger partial charge on any atom is 0.242 e. The smallest absolute Gasteiger partial charge is 0.242 e. The van der Waals surface area contributed by atoms with Gasteiger partial charge in [0, 0.05) is 13.1 Å². The van der Waals surface area contributed by atoms with Crippen molar-refractivity contribution in [1.29, 1.82) is 0 Å². The molecule has 28 heavy (non-hydrogen) atoms. The molecule has 0 saturated heterocycles. The van der Waals surface area contributed by atoms with Crippen molar-refractivity contribution in [3.63, 3.8) is 0 Å². The van der Waals surface area contributed by atoms with Crippen LogP contribution in [0.2, 0.25) is 0 Å². The molecule has 0 saturated carbocycles. The van der Waals surface area contributed by atoms with Gasteiger partial charge in [-0.3, -0.25) is 9.59 Å². The number of hydrogen-bond donors (Lipinski definition) is 1. The van der Waals surface area contributed by atoms with Gasteiger partial charge >= 0.3 is 0 Å². The molecule has 150 valence electrons. The number of aryl methyl sites for hydroxylation is 1. The average Bonchev–Trinajstić information content (AvgIpc) is 2.68. The van der Waals surface area contributed by atoms with E-state index in [4.69, 9.17) is 0 Å². The van der Waals surface area contributed by atoms with Gasteiger partial charge in [-0.25, -0.2) is 0 Å². The Balaban J connectivity index is 2.26. The van der Waals surface area contributed by atoms with E-state index in [1.807, 2.05) is 68.4 Å². The van der Waals surface area contributed by atoms with Crippen LogP contribution in [0, 0.1) is 12.8 Å². The van der Waals surface area contributed by atoms with Gasteiger partial charge in [0.15, 0.2) is 0 Å². The molecule has 0 fully saturated rings. The molecule has 0 aliphatic heterocycles. The molecule has 0 spiro atoms. The Morgan fingerprint density at radius 3 is 2.25 bits per heavy atom. The lowest BCUT2D eigenvalue weighted by molar-refractivity contribution is -0.141. The van der Waals surface area contributed by atoms with Gasteiger partial charge in [-0.2, -0.15) is 0 Å². The highest BCUT2D eigenvalue weighted by atomic mass is 16.2. The van der Waals surface area contributed by atoms with Crippen LogP contribution >= 0.6 is 0 Å². The number of hydrogen-bond acceptors (Lipinski definition) is 2. The SMILES string of the molecule is CC[C@H](C(=O)NCC(C)C)N(Cc1ccccc1C)C(=O)Cc1ccccc1. The van der Waals surface area contributed by atoms with Crippen LogP contribution in [-0.2, 0) is 22.6 Å². The number of nitrogens with one attached hydrogen (secondary N) is 1. The molecule has 0 unspecified atom stereocenters. The average molecular weight is 381 g/mol. The lowest BCUT2D eigenvalue weighted by Crippen LogP contribution is -2.50. The highest BCUT2D eigenvalue weighted by Crippen LogP contribution is 2.17. The van der Waals surface area contributed by atoms with Crippen molar-refractivity contribution >= 4 is 11.8 Å². The zero-order chi connectivity index (χ0) is 20.5. The van der Waals surface area contributed by atoms with Crippen LogP contribution < -0.4 is 5.32 Å². The standard InChI is InChI=1S/C24H32N2O2/c1-5-22(24(28)25-16-18(2)3)26(17-21-14-10-9-11-19(21)4)23(27)15-20-12-7-6-8-13-20/h6-14,18,22H,5,15-17H2,1-4H3,(H,25,28)/t22-/m1/s1. The van der Waals surface area contributed by atoms with Gasteiger partial charge in [-0.1, -0.05) is 75.4 Å². The first kappa shape index (κ1) is 21.7. The second-order valence-corrected chi connectivity index (χ2v) is 7.67. The predicted octanol–water partition coefficient (Wildman–Crippen LogP) is 4.12. The molecule has 0 radical (unpaired) electrons. The summed E-state index contributed by atoms with van der Waals surface area (Å²) in [5.41, 5.74) is 3.15. The topological polar surface area (TPSA) is 49.4 Å². The molecule has 2 aromatic carbocycles. The Hall–Kier alpha value is -2.62. The van der Waals surface area contributed by atoms with Gasteiger partial charge < -0.3 is 10.2 Å². The Morgan fingerprint density at radius 1 is 1.00 bits per heavy atom. The summed E-state index contributed by atoms with van der Waals surface area (Å²) in [7, 11) is 0. The second kappa shape index (κ2) is 10.6. The zero-order valence-electron chi connectivity index (χ0n) is 17.4. The number of nitrogens with zero attached hydrogens (tertiary/aromatic N) is 1. The Bertz CT molecular complexity index is 771. The van der Waals surface area contributed by atoms with Crippen molar-refractivity contribution in [3.05, 3.63) is 71.3 Å². The Kier molecular flexibility index (Phi) is 8.24. The first-order chi connectivity index (χ1) is 13.4. The van der Waals surface area contributed by atoms with E-state index in [1.165, 1.54) is 0 Å². The molecule has 2 aromatic rings. The highest BCUT2D eigenvalue weighted by molar-refractivity contribution is 5.88. The molecule has 4 nitrogen and oxygen atoms in total. The summed E-state index contributed by atoms with van der Waals surface area (Å²) in [6.45, 7) is 9.17. The quantitative estimate of drug-likeness (QED) is 0.711. The number of benzene rings is 2. The third-order valence-corrected chi connectivity index (χ3v) is 4.87. The third-order valence-electron chi connectivity index (χ3n) is 4.87. The van der Waals surface area contributed by atoms with Gasteiger partial charge in [-0.15, -0.1) is 0 Å². The van der Waals surface area contributed by atoms with Crippen molar-refractivity contribution in [2.24, 2.45) is 5.92 Å². The molecule has 2 amide bonds. The summed E-state index contributed by atoms with van der Waals surface area (Å²) in [5, 5.41) is 3.00. The van der Waals surface area contributed by atoms with E-state index >= 15 is 0 Å². The van der Waals surface area contributed by atoms with Crippen molar-refractivity contribution in [1.82, 2.24) is 10.2 Å². The Morgan fingerprint density at radius 2 is 1.64 bits per heavy atom. The lowest BCUT2D eigenvalue weighted by atomic mass is 10.0. The fourth-order valence-corrected chi connectivity index (χ4v) is 3.19. The van der Waals surface area contributed by atoms with Crippen LogP contribution in [0.25, 0.3) is 0 Å². The van der Waals surface area contributed by atoms with Crippen LogP contribution in [-0.4, -0.2) is 29.3 Å². The van der Waals surface area contributed by atoms with Gasteiger partial charge in [0.2, 0.25) is 11.8 Å². The number of carbonyl (C=O) groups is 2. The van der Waals surface area contributed by atoms with Crippen LogP contribution in [0.4, 0.5) is 0 Å². The number of amides is 2. The minimum atomic E-state index is -0.477. The molecule has 4 heteroatoms. The van der Waals surface area contributed by atoms with Crippen molar-refractivity contribution < 1.29 is 9.59 Å². The van der Waals surface area contributed by atoms with E-state index < -0.39 is 6.04 Å². The van der Waals surface area contributed by atoms with Crippen molar-refractivity contribution in [2.75, 3.05) is 6.54 Å². The van der Waals surface area contributed by atoms with Crippen molar-refractivity contribution in [3.8, 4) is 0 Å². The molecular formula is C24H32N2O2. The van der Waals surface area contributed by atoms with Crippen LogP contribution in [0.5, 0.6) is 0 Å². The molecule has 2 rings (SSSR count). The van der Waals surface area contributed by atoms with Crippen molar-refractivity contribution in [2.45, 2.75) is 53.1 Å². The summed E-state index contributed by atoms with van der Waals surface area (Å²) in [6, 6.07) is 17.2. The van der Waals surface area contributed by atoms with E-state index in [9.17, 15) is 9.59 Å². The van der Waals surface area contributed by atoms with Crippen LogP contribution in [0.1, 0.15) is 43.9 Å². The fourth-order valence-electron chi connectivity index (χ4n) is 3.19. The summed E-state index contributed by atoms with van der Waals surface area (Å²) in [5.74, 6) is 0.262. The van der Waals surface area contributed by atoms with Crippen LogP contribution in [0.15, 0.2) is 54.6 Å². The van der Waals surface area contributed by atoms with Gasteiger partial charge in [0.1, 0.15) is 6.04 Å². The molecule has 0 aliphatic carbocycles. The predicted molar refractivity (Wildman–Crippen MR) is 114 cm³/mol. The van der Waals surface area contributed by atoms with Crippen LogP contribution in [0.3, 0.4) is 0 Å². The van der Waals surface area contributed by atoms with Gasteiger partial charge in [0.05, 0.1) is 6.42 Å². The molecule has 0 aliphatic rings. The highest BCUT2D eigenvalue weighted by Gasteiger charge is 2.28. The maximum atomic E-state index is 13.2. The second-order valence-electron chi connectivity index (χ2n) is 7.67. The van der Waals surface area contributed by atoms with E-state index in [2.05, 4.69) is 19.2 Å². The van der Waals surface area contributed by atoms with E-state index in [0.717, 1.165) is 16.7 Å². The first-order valence-corrected chi connectivity index (χ1v) is 10.1. The van der Waals surface area contributed by atoms with E-state index in [0.29, 0.717) is 31.8 Å². The minimum absolute atomic E-state index is 0.0269. The largest absolute Gasteiger partial charge is 0.354 e. The summed E-state index contributed by atoms with van der Waals surface area (Å²) < 4.78 is 0. The lowest BCUT2D eigenvalue weighted by Gasteiger charge is -2.31. The van der Waals surface area contributed by atoms with E-state index in [1.54, 1.807) is 4.90 Å². The van der Waals surface area contributed by atoms with Gasteiger partial charge in [-0.05, 0) is 36.0 Å². The molecule has 0 aromatic heterocycles. The number of carbonyl (C=O) groups excluding carboxylic acids is 2. The molecule has 0 bridgehead atoms. The minimum Gasteiger partial charge on any atom is -0.354 e. The Labute approximate surface area is 169 Å². The maximum absolute atomic E-state index is 13.2. The molecular weight excluding hydrogens is 348 g/mol. The number of rotatable bonds is 9. The van der Waals surface area contributed by atoms with E-state index in [-0.39, 0.29) is 11.8 Å². The first-order valence-electron chi connectivity index (χ1n) is 10.1. The molecule has 0 heterocycles. The summed E-state index contributed by atoms with van der Waals surface area (Å²) in [6.07, 6.45) is 0.872. The summed E-state index contributed by atoms with van der Waals surface area (Å²) in [4.78, 5) is 27.8. The summed E-state index contributed by atoms with van der Waals surface area (Å²) >= 11 is 0. The zero-order valence-corrected chi connectivity index (χ0v) is 17.4. The third kappa shape index (κ3) is 6.22. The fraction of sp³-hybridized carbons (Fsp3) is 0.417. The van der Waals surface area contributed by atoms with Gasteiger partial charge in [0.25, 0.3) is 0 Å². The molecule has 1 N–H and O–H groups in total. The molecule has 1 atom stereocenters.